The zero-order valence-corrected chi connectivity index (χ0v) is 17.2. The molecule has 0 unspecified atom stereocenters. The third-order valence-electron chi connectivity index (χ3n) is 5.26. The first-order valence-electron chi connectivity index (χ1n) is 9.54. The lowest BCUT2D eigenvalue weighted by Gasteiger charge is -2.34. The maximum Gasteiger partial charge on any atom is 0.253 e. The van der Waals surface area contributed by atoms with E-state index < -0.39 is 0 Å². The van der Waals surface area contributed by atoms with Gasteiger partial charge in [0.2, 0.25) is 5.91 Å². The van der Waals surface area contributed by atoms with Crippen molar-refractivity contribution >= 4 is 29.1 Å². The van der Waals surface area contributed by atoms with Gasteiger partial charge < -0.3 is 9.80 Å². The van der Waals surface area contributed by atoms with Crippen LogP contribution in [0.4, 0.5) is 5.69 Å². The quantitative estimate of drug-likeness (QED) is 0.774. The molecule has 2 aromatic rings. The number of benzene rings is 2. The highest BCUT2D eigenvalue weighted by Gasteiger charge is 2.22. The molecule has 1 heterocycles. The van der Waals surface area contributed by atoms with Crippen molar-refractivity contribution in [1.82, 2.24) is 9.80 Å². The fraction of sp³-hybridized carbons (Fsp3) is 0.364. The van der Waals surface area contributed by atoms with Crippen molar-refractivity contribution in [3.63, 3.8) is 0 Å². The van der Waals surface area contributed by atoms with Crippen molar-refractivity contribution in [2.45, 2.75) is 13.3 Å². The molecule has 0 atom stereocenters. The van der Waals surface area contributed by atoms with Crippen molar-refractivity contribution in [3.8, 4) is 0 Å². The molecule has 0 N–H and O–H groups in total. The van der Waals surface area contributed by atoms with Crippen LogP contribution < -0.4 is 4.90 Å². The van der Waals surface area contributed by atoms with Crippen molar-refractivity contribution in [2.24, 2.45) is 0 Å². The van der Waals surface area contributed by atoms with Gasteiger partial charge in [-0.1, -0.05) is 23.7 Å². The van der Waals surface area contributed by atoms with Crippen LogP contribution >= 0.6 is 11.6 Å². The van der Waals surface area contributed by atoms with E-state index in [1.807, 2.05) is 29.2 Å². The Labute approximate surface area is 171 Å². The normalized spacial score (nSPS) is 14.8. The standard InChI is InChI=1S/C22H26ClN3O2/c1-17(27)24(2)21-9-5-19(6-10-21)22(28)26-15-13-25(14-16-26)12-11-18-3-7-20(23)8-4-18/h3-10H,11-16H2,1-2H3. The molecule has 6 heteroatoms. The van der Waals surface area contributed by atoms with Crippen LogP contribution in [0, 0.1) is 0 Å². The van der Waals surface area contributed by atoms with Crippen LogP contribution in [-0.2, 0) is 11.2 Å². The summed E-state index contributed by atoms with van der Waals surface area (Å²) in [4.78, 5) is 30.0. The zero-order valence-electron chi connectivity index (χ0n) is 16.4. The summed E-state index contributed by atoms with van der Waals surface area (Å²) in [5.41, 5.74) is 2.73. The van der Waals surface area contributed by atoms with E-state index in [2.05, 4.69) is 17.0 Å². The molecule has 0 aromatic heterocycles. The fourth-order valence-electron chi connectivity index (χ4n) is 3.30. The Balaban J connectivity index is 1.49. The lowest BCUT2D eigenvalue weighted by Crippen LogP contribution is -2.49. The first-order chi connectivity index (χ1) is 13.4. The van der Waals surface area contributed by atoms with Gasteiger partial charge in [-0.2, -0.15) is 0 Å². The van der Waals surface area contributed by atoms with Gasteiger partial charge >= 0.3 is 0 Å². The molecule has 5 nitrogen and oxygen atoms in total. The number of nitrogens with zero attached hydrogens (tertiary/aromatic N) is 3. The van der Waals surface area contributed by atoms with Crippen LogP contribution in [0.3, 0.4) is 0 Å². The van der Waals surface area contributed by atoms with Gasteiger partial charge in [0.05, 0.1) is 0 Å². The summed E-state index contributed by atoms with van der Waals surface area (Å²) in [5, 5.41) is 0.761. The molecule has 0 saturated carbocycles. The molecule has 0 bridgehead atoms. The summed E-state index contributed by atoms with van der Waals surface area (Å²) in [5.74, 6) is 0.0168. The van der Waals surface area contributed by atoms with Gasteiger partial charge in [-0.15, -0.1) is 0 Å². The van der Waals surface area contributed by atoms with Crippen molar-refractivity contribution in [3.05, 3.63) is 64.7 Å². The predicted molar refractivity (Wildman–Crippen MR) is 113 cm³/mol. The first-order valence-corrected chi connectivity index (χ1v) is 9.92. The molecule has 1 fully saturated rings. The van der Waals surface area contributed by atoms with E-state index in [1.54, 1.807) is 24.1 Å². The molecule has 0 radical (unpaired) electrons. The van der Waals surface area contributed by atoms with Crippen LogP contribution in [-0.4, -0.2) is 61.4 Å². The van der Waals surface area contributed by atoms with Gasteiger partial charge in [0, 0.05) is 63.0 Å². The number of anilines is 1. The molecule has 2 amide bonds. The second-order valence-electron chi connectivity index (χ2n) is 7.14. The zero-order chi connectivity index (χ0) is 20.1. The van der Waals surface area contributed by atoms with E-state index >= 15 is 0 Å². The number of amides is 2. The predicted octanol–water partition coefficient (Wildman–Crippen LogP) is 3.32. The second-order valence-corrected chi connectivity index (χ2v) is 7.57. The molecule has 0 spiro atoms. The van der Waals surface area contributed by atoms with Crippen LogP contribution in [0.1, 0.15) is 22.8 Å². The largest absolute Gasteiger partial charge is 0.336 e. The van der Waals surface area contributed by atoms with Gasteiger partial charge in [0.15, 0.2) is 0 Å². The number of halogens is 1. The highest BCUT2D eigenvalue weighted by molar-refractivity contribution is 6.30. The van der Waals surface area contributed by atoms with E-state index in [-0.39, 0.29) is 11.8 Å². The van der Waals surface area contributed by atoms with Gasteiger partial charge in [0.25, 0.3) is 5.91 Å². The van der Waals surface area contributed by atoms with E-state index in [4.69, 9.17) is 11.6 Å². The third kappa shape index (κ3) is 5.12. The van der Waals surface area contributed by atoms with Gasteiger partial charge in [0.1, 0.15) is 0 Å². The number of hydrogen-bond acceptors (Lipinski definition) is 3. The molecule has 2 aromatic carbocycles. The number of piperazine rings is 1. The molecule has 1 saturated heterocycles. The number of rotatable bonds is 5. The number of carbonyl (C=O) groups is 2. The SMILES string of the molecule is CC(=O)N(C)c1ccc(C(=O)N2CCN(CCc3ccc(Cl)cc3)CC2)cc1. The molecule has 1 aliphatic rings. The summed E-state index contributed by atoms with van der Waals surface area (Å²) >= 11 is 5.93. The highest BCUT2D eigenvalue weighted by atomic mass is 35.5. The number of hydrogen-bond donors (Lipinski definition) is 0. The fourth-order valence-corrected chi connectivity index (χ4v) is 3.43. The summed E-state index contributed by atoms with van der Waals surface area (Å²) in [7, 11) is 1.72. The Hall–Kier alpha value is -2.37. The highest BCUT2D eigenvalue weighted by Crippen LogP contribution is 2.16. The summed E-state index contributed by atoms with van der Waals surface area (Å²) in [6.45, 7) is 5.72. The minimum Gasteiger partial charge on any atom is -0.336 e. The topological polar surface area (TPSA) is 43.9 Å². The lowest BCUT2D eigenvalue weighted by molar-refractivity contribution is -0.116. The minimum absolute atomic E-state index is 0.0335. The Morgan fingerprint density at radius 3 is 2.14 bits per heavy atom. The van der Waals surface area contributed by atoms with Crippen LogP contribution in [0.5, 0.6) is 0 Å². The van der Waals surface area contributed by atoms with Crippen molar-refractivity contribution in [1.29, 1.82) is 0 Å². The molecule has 0 aliphatic carbocycles. The molecule has 148 valence electrons. The molecular weight excluding hydrogens is 374 g/mol. The Kier molecular flexibility index (Phi) is 6.70. The first kappa shape index (κ1) is 20.4. The monoisotopic (exact) mass is 399 g/mol. The Morgan fingerprint density at radius 2 is 1.57 bits per heavy atom. The van der Waals surface area contributed by atoms with Crippen LogP contribution in [0.15, 0.2) is 48.5 Å². The summed E-state index contributed by atoms with van der Waals surface area (Å²) < 4.78 is 0. The molecule has 1 aliphatic heterocycles. The minimum atomic E-state index is -0.0335. The lowest BCUT2D eigenvalue weighted by atomic mass is 10.1. The van der Waals surface area contributed by atoms with Crippen LogP contribution in [0.2, 0.25) is 5.02 Å². The second kappa shape index (κ2) is 9.22. The van der Waals surface area contributed by atoms with E-state index in [1.165, 1.54) is 12.5 Å². The average Bonchev–Trinajstić information content (AvgIpc) is 2.73. The third-order valence-corrected chi connectivity index (χ3v) is 5.52. The molecular formula is C22H26ClN3O2. The van der Waals surface area contributed by atoms with E-state index in [0.717, 1.165) is 49.9 Å². The molecule has 3 rings (SSSR count). The van der Waals surface area contributed by atoms with E-state index in [9.17, 15) is 9.59 Å². The molecule has 28 heavy (non-hydrogen) atoms. The Morgan fingerprint density at radius 1 is 0.964 bits per heavy atom. The smallest absolute Gasteiger partial charge is 0.253 e. The number of carbonyl (C=O) groups excluding carboxylic acids is 2. The summed E-state index contributed by atoms with van der Waals surface area (Å²) in [6.07, 6.45) is 0.982. The Bertz CT molecular complexity index is 813. The van der Waals surface area contributed by atoms with Gasteiger partial charge in [-0.05, 0) is 48.4 Å². The van der Waals surface area contributed by atoms with Crippen LogP contribution in [0.25, 0.3) is 0 Å². The van der Waals surface area contributed by atoms with Crippen molar-refractivity contribution < 1.29 is 9.59 Å². The van der Waals surface area contributed by atoms with Crippen molar-refractivity contribution in [2.75, 3.05) is 44.7 Å². The van der Waals surface area contributed by atoms with Gasteiger partial charge in [-0.3, -0.25) is 14.5 Å². The van der Waals surface area contributed by atoms with E-state index in [0.29, 0.717) is 5.56 Å². The maximum atomic E-state index is 12.7. The average molecular weight is 400 g/mol. The van der Waals surface area contributed by atoms with Gasteiger partial charge in [-0.25, -0.2) is 0 Å². The summed E-state index contributed by atoms with van der Waals surface area (Å²) in [6, 6.07) is 15.2. The maximum absolute atomic E-state index is 12.7.